The van der Waals surface area contributed by atoms with Crippen LogP contribution in [0.1, 0.15) is 37.7 Å². The molecule has 184 valence electrons. The van der Waals surface area contributed by atoms with Crippen LogP contribution in [0.4, 0.5) is 16.2 Å². The number of carbonyl (C=O) groups excluding carboxylic acids is 2. The van der Waals surface area contributed by atoms with Gasteiger partial charge in [-0.25, -0.2) is 19.7 Å². The van der Waals surface area contributed by atoms with Crippen LogP contribution in [0.25, 0.3) is 22.3 Å². The summed E-state index contributed by atoms with van der Waals surface area (Å²) in [6.45, 7) is 5.62. The molecule has 0 radical (unpaired) electrons. The van der Waals surface area contributed by atoms with Crippen LogP contribution in [0, 0.1) is 11.3 Å². The van der Waals surface area contributed by atoms with Gasteiger partial charge in [-0.3, -0.25) is 14.7 Å². The van der Waals surface area contributed by atoms with E-state index < -0.39 is 5.41 Å². The van der Waals surface area contributed by atoms with Gasteiger partial charge in [0.05, 0.1) is 47.0 Å². The van der Waals surface area contributed by atoms with Crippen molar-refractivity contribution in [2.24, 2.45) is 0 Å². The Bertz CT molecular complexity index is 1570. The standard InChI is InChI=1S/C28H25N7O2/c1-17(36)11-24-31-12-18(13-32-24)22-9-10-23-25(33-22)26-19(14-30-23)15-34(4)27(37)35(26)21-7-5-20(6-8-21)28(2,3)16-29/h5-10,12-14H,11,15H2,1-4H3. The van der Waals surface area contributed by atoms with E-state index in [9.17, 15) is 14.9 Å². The van der Waals surface area contributed by atoms with E-state index in [1.165, 1.54) is 6.92 Å². The Morgan fingerprint density at radius 2 is 1.76 bits per heavy atom. The van der Waals surface area contributed by atoms with Crippen LogP contribution in [0.15, 0.2) is 55.0 Å². The van der Waals surface area contributed by atoms with Crippen LogP contribution in [0.5, 0.6) is 0 Å². The van der Waals surface area contributed by atoms with Crippen molar-refractivity contribution in [1.29, 1.82) is 5.26 Å². The maximum atomic E-state index is 13.5. The second kappa shape index (κ2) is 9.06. The van der Waals surface area contributed by atoms with E-state index in [1.54, 1.807) is 35.4 Å². The average molecular weight is 492 g/mol. The summed E-state index contributed by atoms with van der Waals surface area (Å²) >= 11 is 0. The Labute approximate surface area is 214 Å². The topological polar surface area (TPSA) is 116 Å². The molecule has 0 saturated carbocycles. The number of hydrogen-bond acceptors (Lipinski definition) is 7. The minimum absolute atomic E-state index is 0.00627. The third-order valence-electron chi connectivity index (χ3n) is 6.45. The molecule has 5 rings (SSSR count). The summed E-state index contributed by atoms with van der Waals surface area (Å²) in [5, 5.41) is 9.50. The molecule has 0 atom stereocenters. The first kappa shape index (κ1) is 24.0. The minimum Gasteiger partial charge on any atom is -0.323 e. The molecular weight excluding hydrogens is 466 g/mol. The third-order valence-corrected chi connectivity index (χ3v) is 6.45. The van der Waals surface area contributed by atoms with Crippen molar-refractivity contribution in [2.45, 2.75) is 39.2 Å². The van der Waals surface area contributed by atoms with Gasteiger partial charge >= 0.3 is 6.03 Å². The van der Waals surface area contributed by atoms with Crippen LogP contribution in [0.2, 0.25) is 0 Å². The fourth-order valence-electron chi connectivity index (χ4n) is 4.34. The largest absolute Gasteiger partial charge is 0.329 e. The van der Waals surface area contributed by atoms with Crippen molar-refractivity contribution in [3.63, 3.8) is 0 Å². The van der Waals surface area contributed by atoms with E-state index in [0.29, 0.717) is 46.0 Å². The summed E-state index contributed by atoms with van der Waals surface area (Å²) in [5.74, 6) is 0.451. The highest BCUT2D eigenvalue weighted by Crippen LogP contribution is 2.39. The van der Waals surface area contributed by atoms with Crippen LogP contribution in [-0.4, -0.2) is 43.7 Å². The number of ketones is 1. The lowest BCUT2D eigenvalue weighted by molar-refractivity contribution is -0.116. The molecule has 0 bridgehead atoms. The smallest absolute Gasteiger partial charge is 0.323 e. The van der Waals surface area contributed by atoms with Crippen LogP contribution >= 0.6 is 0 Å². The fraction of sp³-hybridized carbons (Fsp3) is 0.250. The molecule has 1 aliphatic rings. The van der Waals surface area contributed by atoms with Gasteiger partial charge in [-0.2, -0.15) is 5.26 Å². The zero-order valence-corrected chi connectivity index (χ0v) is 21.1. The molecule has 4 heterocycles. The Morgan fingerprint density at radius 1 is 1.05 bits per heavy atom. The number of benzene rings is 1. The molecule has 9 heteroatoms. The number of carbonyl (C=O) groups is 2. The zero-order valence-electron chi connectivity index (χ0n) is 21.1. The molecule has 0 saturated heterocycles. The van der Waals surface area contributed by atoms with Crippen LogP contribution in [0.3, 0.4) is 0 Å². The van der Waals surface area contributed by atoms with Crippen molar-refractivity contribution in [3.8, 4) is 17.3 Å². The van der Waals surface area contributed by atoms with Gasteiger partial charge in [-0.15, -0.1) is 0 Å². The highest BCUT2D eigenvalue weighted by molar-refractivity contribution is 6.08. The van der Waals surface area contributed by atoms with E-state index in [-0.39, 0.29) is 18.2 Å². The van der Waals surface area contributed by atoms with Gasteiger partial charge in [0, 0.05) is 36.8 Å². The number of nitriles is 1. The third kappa shape index (κ3) is 4.38. The molecule has 0 N–H and O–H groups in total. The molecule has 0 unspecified atom stereocenters. The number of rotatable bonds is 5. The SMILES string of the molecule is CC(=O)Cc1ncc(-c2ccc3ncc4c(c3n2)N(c2ccc(C(C)(C)C#N)cc2)C(=O)N(C)C4)cn1. The first-order valence-electron chi connectivity index (χ1n) is 11.8. The van der Waals surface area contributed by atoms with E-state index in [0.717, 1.165) is 11.1 Å². The molecule has 2 amide bonds. The number of nitrogens with zero attached hydrogens (tertiary/aromatic N) is 7. The van der Waals surface area contributed by atoms with Crippen molar-refractivity contribution in [1.82, 2.24) is 24.8 Å². The van der Waals surface area contributed by atoms with Gasteiger partial charge in [0.25, 0.3) is 0 Å². The molecule has 9 nitrogen and oxygen atoms in total. The zero-order chi connectivity index (χ0) is 26.3. The van der Waals surface area contributed by atoms with Crippen molar-refractivity contribution in [3.05, 3.63) is 71.9 Å². The van der Waals surface area contributed by atoms with E-state index in [1.807, 2.05) is 50.2 Å². The summed E-state index contributed by atoms with van der Waals surface area (Å²) in [7, 11) is 1.75. The molecule has 1 aromatic carbocycles. The number of pyridine rings is 2. The molecule has 0 fully saturated rings. The number of anilines is 2. The lowest BCUT2D eigenvalue weighted by atomic mass is 9.86. The van der Waals surface area contributed by atoms with Gasteiger partial charge in [-0.05, 0) is 50.6 Å². The van der Waals surface area contributed by atoms with Crippen LogP contribution < -0.4 is 4.90 Å². The lowest BCUT2D eigenvalue weighted by Crippen LogP contribution is -2.42. The fourth-order valence-corrected chi connectivity index (χ4v) is 4.34. The maximum Gasteiger partial charge on any atom is 0.329 e. The Balaban J connectivity index is 1.63. The Hall–Kier alpha value is -4.71. The molecule has 0 aliphatic carbocycles. The molecule has 37 heavy (non-hydrogen) atoms. The van der Waals surface area contributed by atoms with Crippen molar-refractivity contribution >= 4 is 34.2 Å². The van der Waals surface area contributed by atoms with Gasteiger partial charge in [0.15, 0.2) is 0 Å². The monoisotopic (exact) mass is 491 g/mol. The highest BCUT2D eigenvalue weighted by atomic mass is 16.2. The highest BCUT2D eigenvalue weighted by Gasteiger charge is 2.32. The first-order valence-corrected chi connectivity index (χ1v) is 11.8. The molecule has 1 aliphatic heterocycles. The summed E-state index contributed by atoms with van der Waals surface area (Å²) in [6, 6.07) is 13.3. The lowest BCUT2D eigenvalue weighted by Gasteiger charge is -2.35. The number of fused-ring (bicyclic) bond motifs is 3. The van der Waals surface area contributed by atoms with E-state index in [4.69, 9.17) is 4.98 Å². The Morgan fingerprint density at radius 3 is 2.41 bits per heavy atom. The van der Waals surface area contributed by atoms with Crippen molar-refractivity contribution < 1.29 is 9.59 Å². The minimum atomic E-state index is -0.645. The number of amides is 2. The predicted octanol–water partition coefficient (Wildman–Crippen LogP) is 4.72. The summed E-state index contributed by atoms with van der Waals surface area (Å²) in [5.41, 5.74) is 5.01. The average Bonchev–Trinajstić information content (AvgIpc) is 2.89. The number of urea groups is 1. The van der Waals surface area contributed by atoms with E-state index >= 15 is 0 Å². The second-order valence-electron chi connectivity index (χ2n) is 9.72. The molecule has 4 aromatic rings. The van der Waals surface area contributed by atoms with Gasteiger partial charge in [0.2, 0.25) is 0 Å². The molecule has 0 spiro atoms. The van der Waals surface area contributed by atoms with Gasteiger partial charge < -0.3 is 4.90 Å². The predicted molar refractivity (Wildman–Crippen MR) is 139 cm³/mol. The maximum absolute atomic E-state index is 13.5. The molecular formula is C28H25N7O2. The summed E-state index contributed by atoms with van der Waals surface area (Å²) in [6.07, 6.45) is 5.25. The Kier molecular flexibility index (Phi) is 5.88. The first-order chi connectivity index (χ1) is 17.7. The molecule has 3 aromatic heterocycles. The summed E-state index contributed by atoms with van der Waals surface area (Å²) < 4.78 is 0. The number of aromatic nitrogens is 4. The summed E-state index contributed by atoms with van der Waals surface area (Å²) in [4.78, 5) is 46.2. The van der Waals surface area contributed by atoms with Crippen molar-refractivity contribution in [2.75, 3.05) is 11.9 Å². The normalized spacial score (nSPS) is 13.4. The quantitative estimate of drug-likeness (QED) is 0.396. The number of Topliss-reactive ketones (excluding diaryl/α,β-unsaturated/α-hetero) is 1. The van der Waals surface area contributed by atoms with Crippen LogP contribution in [-0.2, 0) is 23.2 Å². The van der Waals surface area contributed by atoms with Gasteiger partial charge in [-0.1, -0.05) is 12.1 Å². The number of hydrogen-bond donors (Lipinski definition) is 0. The second-order valence-corrected chi connectivity index (χ2v) is 9.72. The van der Waals surface area contributed by atoms with Gasteiger partial charge in [0.1, 0.15) is 17.1 Å². The van der Waals surface area contributed by atoms with E-state index in [2.05, 4.69) is 21.0 Å².